The molecule has 1 aromatic rings. The van der Waals surface area contributed by atoms with Crippen molar-refractivity contribution < 1.29 is 13.2 Å². The van der Waals surface area contributed by atoms with Crippen LogP contribution in [0.15, 0.2) is 23.1 Å². The second kappa shape index (κ2) is 7.52. The lowest BCUT2D eigenvalue weighted by molar-refractivity contribution is -0.135. The maximum absolute atomic E-state index is 13.0. The maximum Gasteiger partial charge on any atom is 0.243 e. The molecule has 1 aromatic carbocycles. The molecule has 0 aliphatic carbocycles. The Morgan fingerprint density at radius 1 is 1.26 bits per heavy atom. The second-order valence-electron chi connectivity index (χ2n) is 7.34. The van der Waals surface area contributed by atoms with Crippen molar-refractivity contribution in [3.8, 4) is 0 Å². The van der Waals surface area contributed by atoms with E-state index in [0.29, 0.717) is 31.0 Å². The van der Waals surface area contributed by atoms with E-state index in [1.807, 2.05) is 18.7 Å². The van der Waals surface area contributed by atoms with Crippen LogP contribution in [-0.4, -0.2) is 54.4 Å². The zero-order chi connectivity index (χ0) is 20.0. The molecule has 0 saturated carbocycles. The van der Waals surface area contributed by atoms with E-state index in [1.54, 1.807) is 0 Å². The normalized spacial score (nSPS) is 24.6. The van der Waals surface area contributed by atoms with Crippen LogP contribution >= 0.6 is 23.2 Å². The van der Waals surface area contributed by atoms with Crippen LogP contribution in [0.3, 0.4) is 0 Å². The lowest BCUT2D eigenvalue weighted by atomic mass is 9.95. The number of carbonyl (C=O) groups is 1. The highest BCUT2D eigenvalue weighted by Crippen LogP contribution is 2.36. The van der Waals surface area contributed by atoms with Crippen molar-refractivity contribution in [2.24, 2.45) is 0 Å². The van der Waals surface area contributed by atoms with Crippen LogP contribution in [0.25, 0.3) is 0 Å². The van der Waals surface area contributed by atoms with Crippen molar-refractivity contribution in [2.75, 3.05) is 13.1 Å². The van der Waals surface area contributed by atoms with Gasteiger partial charge in [0.1, 0.15) is 0 Å². The first-order valence-corrected chi connectivity index (χ1v) is 11.4. The molecular weight excluding hydrogens is 409 g/mol. The summed E-state index contributed by atoms with van der Waals surface area (Å²) in [7, 11) is -3.66. The van der Waals surface area contributed by atoms with E-state index in [4.69, 9.17) is 23.2 Å². The number of hydrogen-bond acceptors (Lipinski definition) is 4. The van der Waals surface area contributed by atoms with Crippen molar-refractivity contribution in [1.29, 1.82) is 0 Å². The van der Waals surface area contributed by atoms with Gasteiger partial charge in [0.25, 0.3) is 0 Å². The van der Waals surface area contributed by atoms with E-state index in [9.17, 15) is 13.2 Å². The van der Waals surface area contributed by atoms with Gasteiger partial charge in [0.2, 0.25) is 15.9 Å². The molecule has 150 valence electrons. The molecule has 0 bridgehead atoms. The Morgan fingerprint density at radius 3 is 2.44 bits per heavy atom. The van der Waals surface area contributed by atoms with Gasteiger partial charge in [-0.15, -0.1) is 0 Å². The number of sulfonamides is 1. The van der Waals surface area contributed by atoms with Crippen LogP contribution in [0.1, 0.15) is 40.0 Å². The fraction of sp³-hybridized carbons (Fsp3) is 0.611. The van der Waals surface area contributed by atoms with Gasteiger partial charge in [-0.1, -0.05) is 30.1 Å². The molecule has 2 heterocycles. The van der Waals surface area contributed by atoms with Crippen LogP contribution in [0.4, 0.5) is 0 Å². The molecule has 2 saturated heterocycles. The number of halogens is 2. The average Bonchev–Trinajstić information content (AvgIpc) is 2.87. The van der Waals surface area contributed by atoms with Gasteiger partial charge in [0.05, 0.1) is 26.6 Å². The third kappa shape index (κ3) is 3.60. The van der Waals surface area contributed by atoms with E-state index >= 15 is 0 Å². The number of nitrogens with one attached hydrogen (secondary N) is 1. The third-order valence-corrected chi connectivity index (χ3v) is 8.30. The molecule has 2 aliphatic heterocycles. The van der Waals surface area contributed by atoms with Gasteiger partial charge in [0.15, 0.2) is 0 Å². The van der Waals surface area contributed by atoms with Crippen LogP contribution in [0.2, 0.25) is 10.0 Å². The van der Waals surface area contributed by atoms with Crippen LogP contribution in [0.5, 0.6) is 0 Å². The van der Waals surface area contributed by atoms with E-state index in [-0.39, 0.29) is 27.9 Å². The molecule has 9 heteroatoms. The minimum absolute atomic E-state index is 0.0881. The Hall–Kier alpha value is -0.860. The average molecular weight is 434 g/mol. The topological polar surface area (TPSA) is 69.7 Å². The van der Waals surface area contributed by atoms with Crippen molar-refractivity contribution >= 4 is 39.1 Å². The summed E-state index contributed by atoms with van der Waals surface area (Å²) < 4.78 is 27.4. The first kappa shape index (κ1) is 20.9. The van der Waals surface area contributed by atoms with Gasteiger partial charge in [0, 0.05) is 19.1 Å². The molecule has 2 atom stereocenters. The highest BCUT2D eigenvalue weighted by molar-refractivity contribution is 7.89. The van der Waals surface area contributed by atoms with Gasteiger partial charge in [-0.05, 0) is 51.3 Å². The Labute approximate surface area is 170 Å². The first-order valence-electron chi connectivity index (χ1n) is 9.18. The van der Waals surface area contributed by atoms with Crippen molar-refractivity contribution in [2.45, 2.75) is 62.7 Å². The molecule has 0 radical (unpaired) electrons. The summed E-state index contributed by atoms with van der Waals surface area (Å²) in [4.78, 5) is 14.7. The van der Waals surface area contributed by atoms with Gasteiger partial charge >= 0.3 is 0 Å². The quantitative estimate of drug-likeness (QED) is 0.791. The predicted octanol–water partition coefficient (Wildman–Crippen LogP) is 3.09. The van der Waals surface area contributed by atoms with Gasteiger partial charge in [-0.2, -0.15) is 4.31 Å². The van der Waals surface area contributed by atoms with Crippen molar-refractivity contribution in [3.05, 3.63) is 28.2 Å². The number of hydrogen-bond donors (Lipinski definition) is 1. The number of amides is 1. The standard InChI is InChI=1S/C18H25Cl2N3O3S/c1-4-12(2)23-17(24)13(3)21-18(23)7-9-22(10-8-18)27(25,26)14-5-6-15(19)16(20)11-14/h5-6,11-13,21H,4,7-10H2,1-3H3/t12-,13-/m1/s1. The molecule has 1 spiro atoms. The largest absolute Gasteiger partial charge is 0.320 e. The molecule has 1 amide bonds. The summed E-state index contributed by atoms with van der Waals surface area (Å²) in [6, 6.07) is 4.20. The van der Waals surface area contributed by atoms with Crippen LogP contribution in [-0.2, 0) is 14.8 Å². The Balaban J connectivity index is 1.81. The number of carbonyl (C=O) groups excluding carboxylic acids is 1. The van der Waals surface area contributed by atoms with Crippen LogP contribution in [0, 0.1) is 0 Å². The van der Waals surface area contributed by atoms with Gasteiger partial charge in [-0.25, -0.2) is 8.42 Å². The van der Waals surface area contributed by atoms with Gasteiger partial charge < -0.3 is 4.90 Å². The molecule has 2 fully saturated rings. The van der Waals surface area contributed by atoms with Crippen molar-refractivity contribution in [1.82, 2.24) is 14.5 Å². The van der Waals surface area contributed by atoms with E-state index in [1.165, 1.54) is 22.5 Å². The zero-order valence-electron chi connectivity index (χ0n) is 15.7. The number of nitrogens with zero attached hydrogens (tertiary/aromatic N) is 2. The molecule has 0 aromatic heterocycles. The highest BCUT2D eigenvalue weighted by atomic mass is 35.5. The summed E-state index contributed by atoms with van der Waals surface area (Å²) in [5.41, 5.74) is -0.477. The smallest absolute Gasteiger partial charge is 0.243 e. The maximum atomic E-state index is 13.0. The summed E-state index contributed by atoms with van der Waals surface area (Å²) >= 11 is 11.9. The third-order valence-electron chi connectivity index (χ3n) is 5.66. The molecular formula is C18H25Cl2N3O3S. The lowest BCUT2D eigenvalue weighted by Gasteiger charge is -2.46. The predicted molar refractivity (Wildman–Crippen MR) is 106 cm³/mol. The number of benzene rings is 1. The molecule has 1 N–H and O–H groups in total. The monoisotopic (exact) mass is 433 g/mol. The molecule has 3 rings (SSSR count). The summed E-state index contributed by atoms with van der Waals surface area (Å²) in [5.74, 6) is 0.0881. The minimum Gasteiger partial charge on any atom is -0.320 e. The van der Waals surface area contributed by atoms with E-state index in [2.05, 4.69) is 12.2 Å². The van der Waals surface area contributed by atoms with Crippen LogP contribution < -0.4 is 5.32 Å². The zero-order valence-corrected chi connectivity index (χ0v) is 18.0. The summed E-state index contributed by atoms with van der Waals surface area (Å²) in [5, 5.41) is 3.96. The Morgan fingerprint density at radius 2 is 1.89 bits per heavy atom. The summed E-state index contributed by atoms with van der Waals surface area (Å²) in [6.45, 7) is 6.63. The number of piperidine rings is 1. The second-order valence-corrected chi connectivity index (χ2v) is 10.1. The highest BCUT2D eigenvalue weighted by Gasteiger charge is 2.52. The Kier molecular flexibility index (Phi) is 5.81. The first-order chi connectivity index (χ1) is 12.6. The minimum atomic E-state index is -3.66. The SMILES string of the molecule is CC[C@@H](C)N1C(=O)[C@@H](C)NC12CCN(S(=O)(=O)c1ccc(Cl)c(Cl)c1)CC2. The molecule has 0 unspecified atom stereocenters. The lowest BCUT2D eigenvalue weighted by Crippen LogP contribution is -2.61. The number of rotatable bonds is 4. The molecule has 6 nitrogen and oxygen atoms in total. The fourth-order valence-corrected chi connectivity index (χ4v) is 5.87. The van der Waals surface area contributed by atoms with Gasteiger partial charge in [-0.3, -0.25) is 10.1 Å². The fourth-order valence-electron chi connectivity index (χ4n) is 4.04. The molecule has 27 heavy (non-hydrogen) atoms. The molecule has 2 aliphatic rings. The van der Waals surface area contributed by atoms with E-state index < -0.39 is 15.7 Å². The van der Waals surface area contributed by atoms with E-state index in [0.717, 1.165) is 6.42 Å². The Bertz CT molecular complexity index is 838. The van der Waals surface area contributed by atoms with Crippen molar-refractivity contribution in [3.63, 3.8) is 0 Å². The summed E-state index contributed by atoms with van der Waals surface area (Å²) in [6.07, 6.45) is 1.95.